The minimum absolute atomic E-state index is 0.0129. The van der Waals surface area contributed by atoms with Crippen molar-refractivity contribution < 1.29 is 31.1 Å². The molecular formula is C22H25F6N7O2. The molecular weight excluding hydrogens is 508 g/mol. The molecule has 15 heteroatoms. The first-order valence-corrected chi connectivity index (χ1v) is 11.7. The van der Waals surface area contributed by atoms with Crippen molar-refractivity contribution in [2.45, 2.75) is 44.6 Å². The normalized spacial score (nSPS) is 21.0. The molecule has 0 aliphatic carbocycles. The molecule has 0 radical (unpaired) electrons. The van der Waals surface area contributed by atoms with Crippen LogP contribution in [0.2, 0.25) is 0 Å². The van der Waals surface area contributed by atoms with Crippen LogP contribution in [0.1, 0.15) is 37.3 Å². The average molecular weight is 533 g/mol. The molecule has 2 atom stereocenters. The second-order valence-electron chi connectivity index (χ2n) is 9.29. The molecule has 0 saturated carbocycles. The molecule has 2 aliphatic heterocycles. The fraction of sp³-hybridized carbons (Fsp3) is 0.591. The third-order valence-corrected chi connectivity index (χ3v) is 6.59. The van der Waals surface area contributed by atoms with E-state index in [2.05, 4.69) is 15.1 Å². The molecule has 0 aromatic carbocycles. The number of piperazine rings is 1. The number of hydrogen-bond donors (Lipinski definition) is 1. The number of amides is 1. The van der Waals surface area contributed by atoms with Crippen molar-refractivity contribution in [2.24, 2.45) is 5.92 Å². The van der Waals surface area contributed by atoms with Crippen molar-refractivity contribution in [3.05, 3.63) is 39.9 Å². The van der Waals surface area contributed by atoms with Crippen LogP contribution < -0.4 is 15.4 Å². The summed E-state index contributed by atoms with van der Waals surface area (Å²) in [6.07, 6.45) is -6.66. The van der Waals surface area contributed by atoms with Gasteiger partial charge >= 0.3 is 12.4 Å². The maximum Gasteiger partial charge on any atom is 0.421 e. The van der Waals surface area contributed by atoms with Gasteiger partial charge < -0.3 is 14.7 Å². The number of halogens is 6. The summed E-state index contributed by atoms with van der Waals surface area (Å²) < 4.78 is 77.6. The summed E-state index contributed by atoms with van der Waals surface area (Å²) in [6, 6.07) is 0.522. The zero-order chi connectivity index (χ0) is 27.0. The summed E-state index contributed by atoms with van der Waals surface area (Å²) in [7, 11) is 0. The van der Waals surface area contributed by atoms with E-state index in [0.29, 0.717) is 45.6 Å². The number of aromatic amines is 1. The van der Waals surface area contributed by atoms with E-state index in [1.807, 2.05) is 12.0 Å². The number of alkyl halides is 6. The van der Waals surface area contributed by atoms with Gasteiger partial charge in [0.05, 0.1) is 5.56 Å². The second-order valence-corrected chi connectivity index (χ2v) is 9.29. The summed E-state index contributed by atoms with van der Waals surface area (Å²) in [5.41, 5.74) is -3.56. The third kappa shape index (κ3) is 6.13. The molecule has 4 heterocycles. The lowest BCUT2D eigenvalue weighted by Crippen LogP contribution is -2.49. The number of aromatic nitrogens is 4. The van der Waals surface area contributed by atoms with Gasteiger partial charge in [-0.25, -0.2) is 15.1 Å². The minimum atomic E-state index is -4.81. The number of carbonyl (C=O) groups is 1. The van der Waals surface area contributed by atoms with Crippen LogP contribution in [-0.4, -0.2) is 69.7 Å². The van der Waals surface area contributed by atoms with Crippen LogP contribution >= 0.6 is 0 Å². The Morgan fingerprint density at radius 1 is 1.05 bits per heavy atom. The van der Waals surface area contributed by atoms with Crippen LogP contribution in [0, 0.1) is 5.92 Å². The van der Waals surface area contributed by atoms with Crippen LogP contribution in [-0.2, 0) is 17.1 Å². The van der Waals surface area contributed by atoms with Gasteiger partial charge in [0.25, 0.3) is 5.56 Å². The van der Waals surface area contributed by atoms with E-state index < -0.39 is 29.0 Å². The molecule has 0 spiro atoms. The van der Waals surface area contributed by atoms with Gasteiger partial charge in [-0.1, -0.05) is 6.92 Å². The standard InChI is InChI=1S/C22H25F6N7O2/c1-13-8-15(35(12-13)17-9-16(22(26,27)28)19(37)32-31-17)2-3-18(36)33-4-6-34(7-5-33)20-29-10-14(11-30-20)21(23,24)25/h9-11,13,15H,2-8,12H2,1H3,(H,32,37)/t13-,15?/m0/s1. The van der Waals surface area contributed by atoms with Crippen molar-refractivity contribution in [1.29, 1.82) is 0 Å². The molecule has 1 N–H and O–H groups in total. The first-order chi connectivity index (χ1) is 17.3. The Kier molecular flexibility index (Phi) is 7.33. The fourth-order valence-corrected chi connectivity index (χ4v) is 4.69. The van der Waals surface area contributed by atoms with Crippen molar-refractivity contribution in [3.8, 4) is 0 Å². The van der Waals surface area contributed by atoms with Gasteiger partial charge in [-0.05, 0) is 18.8 Å². The second kappa shape index (κ2) is 10.2. The first-order valence-electron chi connectivity index (χ1n) is 11.7. The van der Waals surface area contributed by atoms with Crippen LogP contribution in [0.5, 0.6) is 0 Å². The Labute approximate surface area is 207 Å². The maximum atomic E-state index is 13.2. The predicted molar refractivity (Wildman–Crippen MR) is 120 cm³/mol. The highest BCUT2D eigenvalue weighted by molar-refractivity contribution is 5.76. The number of nitrogens with zero attached hydrogens (tertiary/aromatic N) is 6. The summed E-state index contributed by atoms with van der Waals surface area (Å²) in [4.78, 5) is 37.0. The van der Waals surface area contributed by atoms with Gasteiger partial charge in [-0.2, -0.15) is 31.4 Å². The number of carbonyl (C=O) groups excluding carboxylic acids is 1. The summed E-state index contributed by atoms with van der Waals surface area (Å²) in [5, 5.41) is 5.72. The van der Waals surface area contributed by atoms with Gasteiger partial charge in [-0.3, -0.25) is 9.59 Å². The van der Waals surface area contributed by atoms with E-state index >= 15 is 0 Å². The van der Waals surface area contributed by atoms with E-state index in [-0.39, 0.29) is 36.1 Å². The Hall–Kier alpha value is -3.39. The zero-order valence-corrected chi connectivity index (χ0v) is 19.8. The number of anilines is 2. The molecule has 2 aromatic rings. The smallest absolute Gasteiger partial charge is 0.352 e. The van der Waals surface area contributed by atoms with Gasteiger partial charge in [0.2, 0.25) is 11.9 Å². The van der Waals surface area contributed by atoms with Crippen LogP contribution in [0.3, 0.4) is 0 Å². The first kappa shape index (κ1) is 26.7. The lowest BCUT2D eigenvalue weighted by molar-refractivity contribution is -0.139. The molecule has 2 aromatic heterocycles. The average Bonchev–Trinajstić information content (AvgIpc) is 3.22. The highest BCUT2D eigenvalue weighted by Gasteiger charge is 2.37. The third-order valence-electron chi connectivity index (χ3n) is 6.59. The minimum Gasteiger partial charge on any atom is -0.352 e. The highest BCUT2D eigenvalue weighted by atomic mass is 19.4. The van der Waals surface area contributed by atoms with E-state index in [1.54, 1.807) is 14.7 Å². The lowest BCUT2D eigenvalue weighted by Gasteiger charge is -2.35. The Morgan fingerprint density at radius 3 is 2.30 bits per heavy atom. The van der Waals surface area contributed by atoms with Crippen molar-refractivity contribution in [2.75, 3.05) is 42.5 Å². The number of rotatable bonds is 5. The molecule has 4 rings (SSSR count). The number of nitrogens with one attached hydrogen (secondary N) is 1. The fourth-order valence-electron chi connectivity index (χ4n) is 4.69. The zero-order valence-electron chi connectivity index (χ0n) is 19.8. The highest BCUT2D eigenvalue weighted by Crippen LogP contribution is 2.33. The van der Waals surface area contributed by atoms with Gasteiger partial charge in [0, 0.05) is 63.6 Å². The molecule has 2 fully saturated rings. The molecule has 9 nitrogen and oxygen atoms in total. The quantitative estimate of drug-likeness (QED) is 0.591. The van der Waals surface area contributed by atoms with Crippen LogP contribution in [0.25, 0.3) is 0 Å². The van der Waals surface area contributed by atoms with Crippen LogP contribution in [0.4, 0.5) is 38.1 Å². The molecule has 0 bridgehead atoms. The van der Waals surface area contributed by atoms with E-state index in [0.717, 1.165) is 18.5 Å². The van der Waals surface area contributed by atoms with Gasteiger partial charge in [0.1, 0.15) is 11.4 Å². The molecule has 2 aliphatic rings. The Balaban J connectivity index is 1.33. The number of H-pyrrole nitrogens is 1. The molecule has 1 unspecified atom stereocenters. The summed E-state index contributed by atoms with van der Waals surface area (Å²) >= 11 is 0. The largest absolute Gasteiger partial charge is 0.421 e. The number of hydrogen-bond acceptors (Lipinski definition) is 7. The van der Waals surface area contributed by atoms with Gasteiger partial charge in [-0.15, -0.1) is 0 Å². The van der Waals surface area contributed by atoms with Crippen molar-refractivity contribution in [3.63, 3.8) is 0 Å². The topological polar surface area (TPSA) is 98.3 Å². The summed E-state index contributed by atoms with van der Waals surface area (Å²) in [5.74, 6) is 0.203. The maximum absolute atomic E-state index is 13.2. The molecule has 1 amide bonds. The van der Waals surface area contributed by atoms with E-state index in [4.69, 9.17) is 0 Å². The summed E-state index contributed by atoms with van der Waals surface area (Å²) in [6.45, 7) is 3.78. The Morgan fingerprint density at radius 2 is 1.70 bits per heavy atom. The van der Waals surface area contributed by atoms with Gasteiger partial charge in [0.15, 0.2) is 0 Å². The molecule has 2 saturated heterocycles. The molecule has 202 valence electrons. The lowest BCUT2D eigenvalue weighted by atomic mass is 10.0. The van der Waals surface area contributed by atoms with Crippen molar-refractivity contribution >= 4 is 17.7 Å². The van der Waals surface area contributed by atoms with Crippen molar-refractivity contribution in [1.82, 2.24) is 25.1 Å². The van der Waals surface area contributed by atoms with E-state index in [1.165, 1.54) is 0 Å². The SMILES string of the molecule is C[C@H]1CC(CCC(=O)N2CCN(c3ncc(C(F)(F)F)cn3)CC2)N(c2cc(C(F)(F)F)c(=O)[nH]n2)C1. The van der Waals surface area contributed by atoms with E-state index in [9.17, 15) is 35.9 Å². The van der Waals surface area contributed by atoms with Crippen LogP contribution in [0.15, 0.2) is 23.3 Å². The predicted octanol–water partition coefficient (Wildman–Crippen LogP) is 2.94. The Bertz CT molecular complexity index is 1160. The molecule has 37 heavy (non-hydrogen) atoms. The monoisotopic (exact) mass is 533 g/mol.